The molecule has 3 rings (SSSR count). The third-order valence-electron chi connectivity index (χ3n) is 4.05. The molecule has 0 N–H and O–H groups in total. The molecule has 0 aliphatic carbocycles. The fourth-order valence-electron chi connectivity index (χ4n) is 2.79. The highest BCUT2D eigenvalue weighted by molar-refractivity contribution is 7.88. The molecule has 1 saturated heterocycles. The molecule has 6 heteroatoms. The van der Waals surface area contributed by atoms with Crippen molar-refractivity contribution >= 4 is 21.9 Å². The van der Waals surface area contributed by atoms with Gasteiger partial charge in [0.1, 0.15) is 0 Å². The Labute approximate surface area is 141 Å². The lowest BCUT2D eigenvalue weighted by molar-refractivity contribution is -0.118. The summed E-state index contributed by atoms with van der Waals surface area (Å²) in [6.07, 6.45) is 4.49. The van der Waals surface area contributed by atoms with Crippen LogP contribution in [0, 0.1) is 0 Å². The van der Waals surface area contributed by atoms with Gasteiger partial charge in [-0.1, -0.05) is 36.4 Å². The monoisotopic (exact) mass is 342 g/mol. The summed E-state index contributed by atoms with van der Waals surface area (Å²) in [5.74, 6) is -0.545. The average molecular weight is 342 g/mol. The van der Waals surface area contributed by atoms with Crippen molar-refractivity contribution in [2.45, 2.75) is 5.92 Å². The number of aromatic nitrogens is 1. The summed E-state index contributed by atoms with van der Waals surface area (Å²) in [6.45, 7) is 0.249. The Balaban J connectivity index is 2.02. The highest BCUT2D eigenvalue weighted by Crippen LogP contribution is 2.29. The lowest BCUT2D eigenvalue weighted by atomic mass is 9.87. The van der Waals surface area contributed by atoms with Gasteiger partial charge in [-0.2, -0.15) is 4.31 Å². The Kier molecular flexibility index (Phi) is 4.59. The van der Waals surface area contributed by atoms with Crippen LogP contribution in [0.4, 0.5) is 0 Å². The number of carbonyl (C=O) groups is 1. The van der Waals surface area contributed by atoms with E-state index in [1.807, 2.05) is 36.4 Å². The molecule has 1 aromatic carbocycles. The summed E-state index contributed by atoms with van der Waals surface area (Å²) in [7, 11) is -3.40. The Morgan fingerprint density at radius 3 is 2.46 bits per heavy atom. The van der Waals surface area contributed by atoms with E-state index in [4.69, 9.17) is 0 Å². The topological polar surface area (TPSA) is 67.3 Å². The number of Topliss-reactive ketones (excluding diaryl/α,β-unsaturated/α-hetero) is 1. The van der Waals surface area contributed by atoms with Gasteiger partial charge in [0.15, 0.2) is 5.78 Å². The van der Waals surface area contributed by atoms with Gasteiger partial charge < -0.3 is 0 Å². The zero-order valence-corrected chi connectivity index (χ0v) is 14.1. The molecule has 0 spiro atoms. The Hall–Kier alpha value is -2.31. The lowest BCUT2D eigenvalue weighted by Gasteiger charge is -2.32. The molecule has 5 nitrogen and oxygen atoms in total. The highest BCUT2D eigenvalue weighted by atomic mass is 32.2. The minimum Gasteiger partial charge on any atom is -0.294 e. The van der Waals surface area contributed by atoms with Crippen LogP contribution in [0.1, 0.15) is 17.2 Å². The molecule has 0 radical (unpaired) electrons. The van der Waals surface area contributed by atoms with Crippen molar-refractivity contribution in [2.24, 2.45) is 0 Å². The van der Waals surface area contributed by atoms with Gasteiger partial charge in [-0.3, -0.25) is 9.78 Å². The minimum absolute atomic E-state index is 0.0493. The van der Waals surface area contributed by atoms with Gasteiger partial charge in [-0.05, 0) is 23.8 Å². The van der Waals surface area contributed by atoms with Crippen molar-refractivity contribution in [3.05, 3.63) is 71.6 Å². The van der Waals surface area contributed by atoms with E-state index in [1.165, 1.54) is 10.6 Å². The first-order valence-electron chi connectivity index (χ1n) is 7.61. The number of rotatable bonds is 3. The van der Waals surface area contributed by atoms with Gasteiger partial charge >= 0.3 is 0 Å². The molecule has 2 aromatic rings. The van der Waals surface area contributed by atoms with E-state index in [1.54, 1.807) is 24.4 Å². The molecule has 1 aliphatic rings. The molecule has 1 atom stereocenters. The van der Waals surface area contributed by atoms with Gasteiger partial charge in [0.2, 0.25) is 10.0 Å². The van der Waals surface area contributed by atoms with E-state index < -0.39 is 15.9 Å². The zero-order chi connectivity index (χ0) is 17.2. The fraction of sp³-hybridized carbons (Fsp3) is 0.222. The van der Waals surface area contributed by atoms with E-state index in [2.05, 4.69) is 4.98 Å². The molecule has 0 bridgehead atoms. The third-order valence-corrected chi connectivity index (χ3v) is 5.26. The van der Waals surface area contributed by atoms with Crippen molar-refractivity contribution < 1.29 is 13.2 Å². The van der Waals surface area contributed by atoms with Crippen LogP contribution in [-0.2, 0) is 14.8 Å². The Morgan fingerprint density at radius 2 is 1.83 bits per heavy atom. The number of pyridine rings is 1. The second-order valence-electron chi connectivity index (χ2n) is 5.81. The summed E-state index contributed by atoms with van der Waals surface area (Å²) in [5, 5.41) is 0. The van der Waals surface area contributed by atoms with Gasteiger partial charge in [0, 0.05) is 24.9 Å². The van der Waals surface area contributed by atoms with Crippen molar-refractivity contribution in [1.82, 2.24) is 9.29 Å². The molecule has 2 heterocycles. The molecular formula is C18H18N2O3S. The molecule has 24 heavy (non-hydrogen) atoms. The van der Waals surface area contributed by atoms with Gasteiger partial charge in [0.05, 0.1) is 17.9 Å². The number of piperidine rings is 1. The average Bonchev–Trinajstić information content (AvgIpc) is 2.57. The van der Waals surface area contributed by atoms with Crippen LogP contribution >= 0.6 is 0 Å². The summed E-state index contributed by atoms with van der Waals surface area (Å²) in [5.41, 5.74) is 1.92. The van der Waals surface area contributed by atoms with Crippen LogP contribution in [0.15, 0.2) is 60.3 Å². The molecule has 1 fully saturated rings. The molecule has 1 aliphatic heterocycles. The predicted octanol–water partition coefficient (Wildman–Crippen LogP) is 2.09. The van der Waals surface area contributed by atoms with E-state index in [0.717, 1.165) is 5.56 Å². The van der Waals surface area contributed by atoms with E-state index >= 15 is 0 Å². The number of carbonyl (C=O) groups excluding carboxylic acids is 1. The van der Waals surface area contributed by atoms with Gasteiger partial charge in [0.25, 0.3) is 0 Å². The first kappa shape index (κ1) is 16.5. The Bertz CT molecular complexity index is 862. The number of nitrogens with zero attached hydrogens (tertiary/aromatic N) is 2. The van der Waals surface area contributed by atoms with Crippen LogP contribution in [0.2, 0.25) is 0 Å². The van der Waals surface area contributed by atoms with Crippen molar-refractivity contribution in [1.29, 1.82) is 0 Å². The number of benzene rings is 1. The maximum absolute atomic E-state index is 12.9. The SMILES string of the molecule is CS(=O)(=O)N1C/C(=C/c2ccccn2)C(=O)C(c2ccccc2)C1. The molecule has 1 aromatic heterocycles. The summed E-state index contributed by atoms with van der Waals surface area (Å²) in [6, 6.07) is 14.7. The molecular weight excluding hydrogens is 324 g/mol. The van der Waals surface area contributed by atoms with Crippen molar-refractivity contribution in [3.63, 3.8) is 0 Å². The maximum Gasteiger partial charge on any atom is 0.211 e. The van der Waals surface area contributed by atoms with Crippen LogP contribution in [0.5, 0.6) is 0 Å². The summed E-state index contributed by atoms with van der Waals surface area (Å²) in [4.78, 5) is 17.1. The smallest absolute Gasteiger partial charge is 0.211 e. The zero-order valence-electron chi connectivity index (χ0n) is 13.3. The predicted molar refractivity (Wildman–Crippen MR) is 92.8 cm³/mol. The van der Waals surface area contributed by atoms with Crippen molar-refractivity contribution in [2.75, 3.05) is 19.3 Å². The van der Waals surface area contributed by atoms with Crippen LogP contribution in [0.25, 0.3) is 6.08 Å². The second kappa shape index (κ2) is 6.67. The number of sulfonamides is 1. The van der Waals surface area contributed by atoms with Gasteiger partial charge in [-0.15, -0.1) is 0 Å². The second-order valence-corrected chi connectivity index (χ2v) is 7.79. The van der Waals surface area contributed by atoms with E-state index in [9.17, 15) is 13.2 Å². The number of hydrogen-bond acceptors (Lipinski definition) is 4. The summed E-state index contributed by atoms with van der Waals surface area (Å²) >= 11 is 0. The standard InChI is InChI=1S/C18H18N2O3S/c1-24(22,23)20-12-15(11-16-9-5-6-10-19-16)18(21)17(13-20)14-7-3-2-4-8-14/h2-11,17H,12-13H2,1H3/b15-11-. The fourth-order valence-corrected chi connectivity index (χ4v) is 3.59. The van der Waals surface area contributed by atoms with Crippen LogP contribution in [0.3, 0.4) is 0 Å². The molecule has 0 amide bonds. The summed E-state index contributed by atoms with van der Waals surface area (Å²) < 4.78 is 25.4. The maximum atomic E-state index is 12.9. The normalized spacial score (nSPS) is 21.1. The molecule has 1 unspecified atom stereocenters. The quantitative estimate of drug-likeness (QED) is 0.801. The van der Waals surface area contributed by atoms with E-state index in [-0.39, 0.29) is 18.9 Å². The largest absolute Gasteiger partial charge is 0.294 e. The third kappa shape index (κ3) is 3.60. The van der Waals surface area contributed by atoms with Gasteiger partial charge in [-0.25, -0.2) is 8.42 Å². The first-order valence-corrected chi connectivity index (χ1v) is 9.46. The molecule has 124 valence electrons. The molecule has 0 saturated carbocycles. The van der Waals surface area contributed by atoms with Crippen molar-refractivity contribution in [3.8, 4) is 0 Å². The highest BCUT2D eigenvalue weighted by Gasteiger charge is 2.35. The minimum atomic E-state index is -3.40. The first-order chi connectivity index (χ1) is 11.4. The van der Waals surface area contributed by atoms with Crippen LogP contribution in [-0.4, -0.2) is 42.8 Å². The lowest BCUT2D eigenvalue weighted by Crippen LogP contribution is -2.44. The van der Waals surface area contributed by atoms with E-state index in [0.29, 0.717) is 11.3 Å². The Morgan fingerprint density at radius 1 is 1.12 bits per heavy atom. The number of hydrogen-bond donors (Lipinski definition) is 0. The number of ketones is 1. The van der Waals surface area contributed by atoms with Crippen LogP contribution < -0.4 is 0 Å².